The Bertz CT molecular complexity index is 893. The van der Waals surface area contributed by atoms with Gasteiger partial charge in [0.15, 0.2) is 5.78 Å². The van der Waals surface area contributed by atoms with E-state index in [9.17, 15) is 13.2 Å². The van der Waals surface area contributed by atoms with Crippen molar-refractivity contribution >= 4 is 33.2 Å². The molecule has 1 aliphatic heterocycles. The van der Waals surface area contributed by atoms with Gasteiger partial charge in [0, 0.05) is 23.5 Å². The largest absolute Gasteiger partial charge is 0.373 e. The zero-order chi connectivity index (χ0) is 18.7. The molecule has 2 aromatic rings. The van der Waals surface area contributed by atoms with Crippen LogP contribution in [0.25, 0.3) is 6.08 Å². The lowest BCUT2D eigenvalue weighted by molar-refractivity contribution is -0.0440. The van der Waals surface area contributed by atoms with Gasteiger partial charge in [0.25, 0.3) is 10.0 Å². The predicted octanol–water partition coefficient (Wildman–Crippen LogP) is 3.44. The minimum Gasteiger partial charge on any atom is -0.373 e. The van der Waals surface area contributed by atoms with Gasteiger partial charge in [0.2, 0.25) is 0 Å². The average molecular weight is 392 g/mol. The monoisotopic (exact) mass is 391 g/mol. The van der Waals surface area contributed by atoms with E-state index in [1.54, 1.807) is 42.5 Å². The Hall–Kier alpha value is -1.80. The second kappa shape index (κ2) is 7.84. The molecule has 5 nitrogen and oxygen atoms in total. The molecule has 2 atom stereocenters. The first kappa shape index (κ1) is 19.0. The summed E-state index contributed by atoms with van der Waals surface area (Å²) in [4.78, 5) is 12.8. The van der Waals surface area contributed by atoms with Crippen LogP contribution in [0.4, 0.5) is 0 Å². The molecule has 2 unspecified atom stereocenters. The maximum Gasteiger partial charge on any atom is 0.252 e. The molecule has 0 radical (unpaired) electrons. The van der Waals surface area contributed by atoms with Gasteiger partial charge >= 0.3 is 0 Å². The maximum absolute atomic E-state index is 12.8. The van der Waals surface area contributed by atoms with E-state index < -0.39 is 10.0 Å². The van der Waals surface area contributed by atoms with Crippen LogP contribution in [0.5, 0.6) is 0 Å². The number of hydrogen-bond donors (Lipinski definition) is 0. The molecule has 26 heavy (non-hydrogen) atoms. The second-order valence-corrected chi connectivity index (χ2v) is 9.58. The van der Waals surface area contributed by atoms with Crippen molar-refractivity contribution in [1.82, 2.24) is 4.31 Å². The van der Waals surface area contributed by atoms with Crippen molar-refractivity contribution in [1.29, 1.82) is 0 Å². The Balaban J connectivity index is 1.75. The molecule has 7 heteroatoms. The van der Waals surface area contributed by atoms with Crippen LogP contribution in [-0.4, -0.2) is 43.8 Å². The molecule has 1 aliphatic rings. The number of carbonyl (C=O) groups is 1. The molecular formula is C19H21NO4S2. The standard InChI is InChI=1S/C19H21NO4S2/c1-14-12-20(13-15(2)24-14)26(22,23)19-11-9-17(25-19)8-10-18(21)16-6-4-3-5-7-16/h3-11,14-15H,12-13H2,1-2H3/b10-8+. The fourth-order valence-corrected chi connectivity index (χ4v) is 5.85. The Morgan fingerprint density at radius 3 is 2.42 bits per heavy atom. The number of nitrogens with zero attached hydrogens (tertiary/aromatic N) is 1. The SMILES string of the molecule is CC1CN(S(=O)(=O)c2ccc(/C=C/C(=O)c3ccccc3)s2)CC(C)O1. The van der Waals surface area contributed by atoms with Crippen LogP contribution in [0, 0.1) is 0 Å². The maximum atomic E-state index is 12.8. The third-order valence-electron chi connectivity index (χ3n) is 4.04. The van der Waals surface area contributed by atoms with Gasteiger partial charge < -0.3 is 4.74 Å². The summed E-state index contributed by atoms with van der Waals surface area (Å²) in [5.41, 5.74) is 0.601. The van der Waals surface area contributed by atoms with Gasteiger partial charge in [-0.05, 0) is 38.1 Å². The lowest BCUT2D eigenvalue weighted by Gasteiger charge is -2.34. The molecule has 3 rings (SSSR count). The number of benzene rings is 1. The van der Waals surface area contributed by atoms with Crippen LogP contribution in [0.1, 0.15) is 29.1 Å². The van der Waals surface area contributed by atoms with E-state index in [1.165, 1.54) is 10.4 Å². The number of thiophene rings is 1. The zero-order valence-electron chi connectivity index (χ0n) is 14.7. The van der Waals surface area contributed by atoms with Crippen LogP contribution < -0.4 is 0 Å². The van der Waals surface area contributed by atoms with Crippen molar-refractivity contribution < 1.29 is 17.9 Å². The number of ether oxygens (including phenoxy) is 1. The van der Waals surface area contributed by atoms with Crippen molar-refractivity contribution in [3.8, 4) is 0 Å². The van der Waals surface area contributed by atoms with Gasteiger partial charge in [0.05, 0.1) is 12.2 Å². The molecular weight excluding hydrogens is 370 g/mol. The summed E-state index contributed by atoms with van der Waals surface area (Å²) in [6, 6.07) is 12.3. The highest BCUT2D eigenvalue weighted by atomic mass is 32.2. The van der Waals surface area contributed by atoms with E-state index >= 15 is 0 Å². The zero-order valence-corrected chi connectivity index (χ0v) is 16.3. The summed E-state index contributed by atoms with van der Waals surface area (Å²) in [6.45, 7) is 4.44. The van der Waals surface area contributed by atoms with Crippen LogP contribution in [0.2, 0.25) is 0 Å². The van der Waals surface area contributed by atoms with Gasteiger partial charge in [-0.25, -0.2) is 8.42 Å². The molecule has 0 spiro atoms. The van der Waals surface area contributed by atoms with Crippen LogP contribution in [-0.2, 0) is 14.8 Å². The van der Waals surface area contributed by atoms with E-state index in [2.05, 4.69) is 0 Å². The first-order valence-electron chi connectivity index (χ1n) is 8.39. The Labute approximate surface area is 158 Å². The highest BCUT2D eigenvalue weighted by Crippen LogP contribution is 2.28. The number of ketones is 1. The third-order valence-corrected chi connectivity index (χ3v) is 7.39. The number of allylic oxidation sites excluding steroid dienone is 1. The van der Waals surface area contributed by atoms with E-state index in [-0.39, 0.29) is 22.2 Å². The number of morpholine rings is 1. The van der Waals surface area contributed by atoms with Gasteiger partial charge in [-0.2, -0.15) is 4.31 Å². The third kappa shape index (κ3) is 4.29. The Kier molecular flexibility index (Phi) is 5.72. The van der Waals surface area contributed by atoms with E-state index in [0.717, 1.165) is 16.2 Å². The molecule has 0 bridgehead atoms. The first-order chi connectivity index (χ1) is 12.4. The number of sulfonamides is 1. The van der Waals surface area contributed by atoms with Gasteiger partial charge in [-0.1, -0.05) is 30.3 Å². The molecule has 1 aromatic carbocycles. The normalized spacial score (nSPS) is 21.9. The topological polar surface area (TPSA) is 63.7 Å². The highest BCUT2D eigenvalue weighted by molar-refractivity contribution is 7.91. The van der Waals surface area contributed by atoms with Crippen LogP contribution >= 0.6 is 11.3 Å². The van der Waals surface area contributed by atoms with E-state index in [0.29, 0.717) is 18.7 Å². The van der Waals surface area contributed by atoms with Gasteiger partial charge in [-0.15, -0.1) is 11.3 Å². The smallest absolute Gasteiger partial charge is 0.252 e. The summed E-state index contributed by atoms with van der Waals surface area (Å²) >= 11 is 1.16. The Morgan fingerprint density at radius 2 is 1.77 bits per heavy atom. The van der Waals surface area contributed by atoms with E-state index in [1.807, 2.05) is 19.9 Å². The lowest BCUT2D eigenvalue weighted by Crippen LogP contribution is -2.47. The lowest BCUT2D eigenvalue weighted by atomic mass is 10.1. The summed E-state index contributed by atoms with van der Waals surface area (Å²) < 4.78 is 33.0. The first-order valence-corrected chi connectivity index (χ1v) is 10.6. The molecule has 138 valence electrons. The predicted molar refractivity (Wildman–Crippen MR) is 103 cm³/mol. The van der Waals surface area contributed by atoms with Crippen LogP contribution in [0.15, 0.2) is 52.7 Å². The van der Waals surface area contributed by atoms with Crippen molar-refractivity contribution in [2.24, 2.45) is 0 Å². The second-order valence-electron chi connectivity index (χ2n) is 6.30. The highest BCUT2D eigenvalue weighted by Gasteiger charge is 2.32. The Morgan fingerprint density at radius 1 is 1.12 bits per heavy atom. The van der Waals surface area contributed by atoms with Gasteiger partial charge in [0.1, 0.15) is 4.21 Å². The molecule has 1 saturated heterocycles. The molecule has 0 amide bonds. The fourth-order valence-electron chi connectivity index (χ4n) is 2.87. The quantitative estimate of drug-likeness (QED) is 0.579. The molecule has 1 aromatic heterocycles. The molecule has 0 N–H and O–H groups in total. The summed E-state index contributed by atoms with van der Waals surface area (Å²) in [7, 11) is -3.54. The fraction of sp³-hybridized carbons (Fsp3) is 0.316. The number of hydrogen-bond acceptors (Lipinski definition) is 5. The summed E-state index contributed by atoms with van der Waals surface area (Å²) in [5.74, 6) is -0.112. The van der Waals surface area contributed by atoms with Crippen molar-refractivity contribution in [2.45, 2.75) is 30.3 Å². The number of rotatable bonds is 5. The average Bonchev–Trinajstić information content (AvgIpc) is 3.09. The van der Waals surface area contributed by atoms with Gasteiger partial charge in [-0.3, -0.25) is 4.79 Å². The molecule has 2 heterocycles. The van der Waals surface area contributed by atoms with Crippen LogP contribution in [0.3, 0.4) is 0 Å². The minimum atomic E-state index is -3.54. The molecule has 0 saturated carbocycles. The van der Waals surface area contributed by atoms with Crippen molar-refractivity contribution in [3.63, 3.8) is 0 Å². The summed E-state index contributed by atoms with van der Waals surface area (Å²) in [5, 5.41) is 0. The summed E-state index contributed by atoms with van der Waals surface area (Å²) in [6.07, 6.45) is 2.87. The minimum absolute atomic E-state index is 0.112. The van der Waals surface area contributed by atoms with Crippen molar-refractivity contribution in [3.05, 3.63) is 59.0 Å². The molecule has 0 aliphatic carbocycles. The van der Waals surface area contributed by atoms with Crippen molar-refractivity contribution in [2.75, 3.05) is 13.1 Å². The molecule has 1 fully saturated rings. The number of carbonyl (C=O) groups excluding carboxylic acids is 1. The van der Waals surface area contributed by atoms with E-state index in [4.69, 9.17) is 4.74 Å².